The molecule has 0 saturated carbocycles. The van der Waals surface area contributed by atoms with Crippen molar-refractivity contribution < 1.29 is 4.74 Å². The number of aryl methyl sites for hydroxylation is 1. The second-order valence-electron chi connectivity index (χ2n) is 5.25. The fourth-order valence-corrected chi connectivity index (χ4v) is 2.17. The molecule has 1 aromatic carbocycles. The van der Waals surface area contributed by atoms with E-state index >= 15 is 0 Å². The molecule has 0 aromatic heterocycles. The van der Waals surface area contributed by atoms with Gasteiger partial charge in [0, 0.05) is 33.4 Å². The molecule has 4 nitrogen and oxygen atoms in total. The van der Waals surface area contributed by atoms with Crippen LogP contribution in [0.1, 0.15) is 37.8 Å². The molecule has 0 spiro atoms. The number of nitrogens with zero attached hydrogens (tertiary/aromatic N) is 1. The lowest BCUT2D eigenvalue weighted by Crippen LogP contribution is -2.38. The minimum Gasteiger partial charge on any atom is -0.382 e. The lowest BCUT2D eigenvalue weighted by molar-refractivity contribution is 0.143. The van der Waals surface area contributed by atoms with Gasteiger partial charge in [-0.05, 0) is 43.7 Å². The number of rotatable bonds is 10. The molecule has 0 aliphatic heterocycles. The Bertz CT molecular complexity index is 421. The normalized spacial score (nSPS) is 11.0. The van der Waals surface area contributed by atoms with Crippen molar-refractivity contribution in [2.75, 3.05) is 33.4 Å². The molecule has 1 aromatic rings. The highest BCUT2D eigenvalue weighted by Crippen LogP contribution is 2.05. The van der Waals surface area contributed by atoms with E-state index in [0.29, 0.717) is 0 Å². The van der Waals surface area contributed by atoms with Crippen molar-refractivity contribution in [3.63, 3.8) is 0 Å². The van der Waals surface area contributed by atoms with E-state index < -0.39 is 0 Å². The summed E-state index contributed by atoms with van der Waals surface area (Å²) in [5.74, 6) is 0.876. The van der Waals surface area contributed by atoms with Crippen LogP contribution < -0.4 is 10.6 Å². The summed E-state index contributed by atoms with van der Waals surface area (Å²) in [7, 11) is 1.81. The Balaban J connectivity index is 0.00000484. The van der Waals surface area contributed by atoms with Crippen molar-refractivity contribution in [1.82, 2.24) is 10.6 Å². The molecule has 5 heteroatoms. The van der Waals surface area contributed by atoms with Gasteiger partial charge in [-0.25, -0.2) is 0 Å². The summed E-state index contributed by atoms with van der Waals surface area (Å²) >= 11 is 0. The topological polar surface area (TPSA) is 45.6 Å². The van der Waals surface area contributed by atoms with Gasteiger partial charge in [-0.3, -0.25) is 4.99 Å². The molecule has 0 radical (unpaired) electrons. The van der Waals surface area contributed by atoms with E-state index in [1.807, 2.05) is 14.0 Å². The van der Waals surface area contributed by atoms with E-state index in [1.54, 1.807) is 0 Å². The molecule has 1 rings (SSSR count). The van der Waals surface area contributed by atoms with Gasteiger partial charge in [0.15, 0.2) is 5.96 Å². The predicted molar refractivity (Wildman–Crippen MR) is 110 cm³/mol. The van der Waals surface area contributed by atoms with Gasteiger partial charge in [0.25, 0.3) is 0 Å². The van der Waals surface area contributed by atoms with Gasteiger partial charge in [0.2, 0.25) is 0 Å². The van der Waals surface area contributed by atoms with Crippen molar-refractivity contribution in [2.45, 2.75) is 39.5 Å². The molecule has 0 fully saturated rings. The molecule has 0 bridgehead atoms. The first-order valence-corrected chi connectivity index (χ1v) is 8.40. The zero-order valence-corrected chi connectivity index (χ0v) is 17.1. The van der Waals surface area contributed by atoms with Gasteiger partial charge < -0.3 is 15.4 Å². The van der Waals surface area contributed by atoms with Crippen LogP contribution >= 0.6 is 24.0 Å². The van der Waals surface area contributed by atoms with Crippen molar-refractivity contribution in [1.29, 1.82) is 0 Å². The van der Waals surface area contributed by atoms with Crippen LogP contribution in [0.4, 0.5) is 0 Å². The fourth-order valence-electron chi connectivity index (χ4n) is 2.17. The number of unbranched alkanes of at least 4 members (excludes halogenated alkanes) is 1. The smallest absolute Gasteiger partial charge is 0.190 e. The van der Waals surface area contributed by atoms with Crippen molar-refractivity contribution in [3.8, 4) is 0 Å². The highest BCUT2D eigenvalue weighted by atomic mass is 127. The third-order valence-electron chi connectivity index (χ3n) is 3.57. The number of nitrogens with one attached hydrogen (secondary N) is 2. The van der Waals surface area contributed by atoms with Crippen molar-refractivity contribution in [3.05, 3.63) is 35.4 Å². The Hall–Kier alpha value is -0.820. The molecule has 0 atom stereocenters. The lowest BCUT2D eigenvalue weighted by atomic mass is 10.1. The van der Waals surface area contributed by atoms with Crippen LogP contribution in [0.5, 0.6) is 0 Å². The number of aliphatic imine (C=N–C) groups is 1. The first kappa shape index (κ1) is 22.2. The zero-order valence-electron chi connectivity index (χ0n) is 14.7. The van der Waals surface area contributed by atoms with Crippen LogP contribution in [0.2, 0.25) is 0 Å². The SMILES string of the molecule is CCOCCCCNC(=NC)NCCc1ccc(CC)cc1.I. The molecule has 0 amide bonds. The maximum Gasteiger partial charge on any atom is 0.190 e. The van der Waals surface area contributed by atoms with Crippen LogP contribution in [0, 0.1) is 0 Å². The van der Waals surface area contributed by atoms with Gasteiger partial charge in [0.1, 0.15) is 0 Å². The molecule has 0 aliphatic carbocycles. The Morgan fingerprint density at radius 1 is 1.00 bits per heavy atom. The van der Waals surface area contributed by atoms with E-state index in [9.17, 15) is 0 Å². The van der Waals surface area contributed by atoms with Gasteiger partial charge in [-0.15, -0.1) is 24.0 Å². The molecule has 23 heavy (non-hydrogen) atoms. The lowest BCUT2D eigenvalue weighted by Gasteiger charge is -2.12. The Morgan fingerprint density at radius 2 is 1.65 bits per heavy atom. The summed E-state index contributed by atoms with van der Waals surface area (Å²) in [6.45, 7) is 7.68. The fraction of sp³-hybridized carbons (Fsp3) is 0.611. The molecular formula is C18H32IN3O. The molecule has 0 aliphatic rings. The van der Waals surface area contributed by atoms with Crippen LogP contribution in [0.3, 0.4) is 0 Å². The summed E-state index contributed by atoms with van der Waals surface area (Å²) in [5.41, 5.74) is 2.75. The second kappa shape index (κ2) is 14.8. The molecule has 132 valence electrons. The minimum atomic E-state index is 0. The van der Waals surface area contributed by atoms with Crippen molar-refractivity contribution in [2.24, 2.45) is 4.99 Å². The Labute approximate surface area is 158 Å². The average Bonchev–Trinajstić information content (AvgIpc) is 2.57. The molecule has 0 unspecified atom stereocenters. The highest BCUT2D eigenvalue weighted by Gasteiger charge is 1.98. The van der Waals surface area contributed by atoms with Crippen molar-refractivity contribution >= 4 is 29.9 Å². The maximum absolute atomic E-state index is 5.32. The van der Waals surface area contributed by atoms with Crippen LogP contribution in [0.15, 0.2) is 29.3 Å². The molecular weight excluding hydrogens is 401 g/mol. The van der Waals surface area contributed by atoms with Gasteiger partial charge in [-0.2, -0.15) is 0 Å². The van der Waals surface area contributed by atoms with Crippen LogP contribution in [0.25, 0.3) is 0 Å². The molecule has 0 saturated heterocycles. The number of ether oxygens (including phenoxy) is 1. The number of benzene rings is 1. The van der Waals surface area contributed by atoms with E-state index in [-0.39, 0.29) is 24.0 Å². The average molecular weight is 433 g/mol. The summed E-state index contributed by atoms with van der Waals surface area (Å²) in [6, 6.07) is 8.84. The zero-order chi connectivity index (χ0) is 16.0. The number of hydrogen-bond donors (Lipinski definition) is 2. The van der Waals surface area contributed by atoms with Crippen LogP contribution in [-0.2, 0) is 17.6 Å². The first-order valence-electron chi connectivity index (χ1n) is 8.40. The maximum atomic E-state index is 5.32. The summed E-state index contributed by atoms with van der Waals surface area (Å²) in [4.78, 5) is 4.24. The summed E-state index contributed by atoms with van der Waals surface area (Å²) in [6.07, 6.45) is 4.29. The Morgan fingerprint density at radius 3 is 2.26 bits per heavy atom. The third kappa shape index (κ3) is 10.5. The monoisotopic (exact) mass is 433 g/mol. The van der Waals surface area contributed by atoms with E-state index in [4.69, 9.17) is 4.74 Å². The number of guanidine groups is 1. The Kier molecular flexibility index (Phi) is 14.2. The van der Waals surface area contributed by atoms with Gasteiger partial charge >= 0.3 is 0 Å². The minimum absolute atomic E-state index is 0. The van der Waals surface area contributed by atoms with Gasteiger partial charge in [0.05, 0.1) is 0 Å². The summed E-state index contributed by atoms with van der Waals surface area (Å²) < 4.78 is 5.32. The summed E-state index contributed by atoms with van der Waals surface area (Å²) in [5, 5.41) is 6.69. The molecule has 0 heterocycles. The third-order valence-corrected chi connectivity index (χ3v) is 3.57. The predicted octanol–water partition coefficient (Wildman–Crippen LogP) is 3.39. The quantitative estimate of drug-likeness (QED) is 0.257. The van der Waals surface area contributed by atoms with Gasteiger partial charge in [-0.1, -0.05) is 31.2 Å². The largest absolute Gasteiger partial charge is 0.382 e. The number of halogens is 1. The first-order chi connectivity index (χ1) is 10.8. The van der Waals surface area contributed by atoms with E-state index in [0.717, 1.165) is 57.9 Å². The standard InChI is InChI=1S/C18H31N3O.HI/c1-4-16-8-10-17(11-9-16)12-14-21-18(19-3)20-13-6-7-15-22-5-2;/h8-11H,4-7,12-15H2,1-3H3,(H2,19,20,21);1H. The molecule has 2 N–H and O–H groups in total. The number of hydrogen-bond acceptors (Lipinski definition) is 2. The highest BCUT2D eigenvalue weighted by molar-refractivity contribution is 14.0. The van der Waals surface area contributed by atoms with E-state index in [2.05, 4.69) is 46.8 Å². The second-order valence-corrected chi connectivity index (χ2v) is 5.25. The van der Waals surface area contributed by atoms with Crippen LogP contribution in [-0.4, -0.2) is 39.3 Å². The van der Waals surface area contributed by atoms with E-state index in [1.165, 1.54) is 11.1 Å².